The van der Waals surface area contributed by atoms with E-state index >= 15 is 0 Å². The lowest BCUT2D eigenvalue weighted by atomic mass is 10.1. The van der Waals surface area contributed by atoms with E-state index in [0.717, 1.165) is 18.5 Å². The number of rotatable bonds is 2. The maximum Gasteiger partial charge on any atom is 0.260 e. The molecule has 4 nitrogen and oxygen atoms in total. The van der Waals surface area contributed by atoms with Crippen LogP contribution in [0.4, 0.5) is 0 Å². The predicted molar refractivity (Wildman–Crippen MR) is 79.1 cm³/mol. The van der Waals surface area contributed by atoms with Crippen molar-refractivity contribution in [3.63, 3.8) is 0 Å². The molecule has 3 heterocycles. The number of nitrogens with one attached hydrogen (secondary N) is 1. The van der Waals surface area contributed by atoms with Crippen molar-refractivity contribution in [2.45, 2.75) is 25.8 Å². The summed E-state index contributed by atoms with van der Waals surface area (Å²) in [6.45, 7) is 2.52. The molecule has 1 aliphatic rings. The van der Waals surface area contributed by atoms with Gasteiger partial charge in [-0.05, 0) is 43.3 Å². The van der Waals surface area contributed by atoms with Crippen molar-refractivity contribution in [3.05, 3.63) is 56.1 Å². The highest BCUT2D eigenvalue weighted by atomic mass is 32.1. The number of hydrogen-bond donors (Lipinski definition) is 1. The minimum atomic E-state index is -0.299. The number of nitrogens with zero attached hydrogens (tertiary/aromatic N) is 1. The third kappa shape index (κ3) is 2.29. The van der Waals surface area contributed by atoms with Crippen LogP contribution in [0.3, 0.4) is 0 Å². The zero-order valence-corrected chi connectivity index (χ0v) is 12.1. The molecule has 0 spiro atoms. The van der Waals surface area contributed by atoms with Crippen LogP contribution in [-0.2, 0) is 0 Å². The van der Waals surface area contributed by atoms with Gasteiger partial charge in [-0.15, -0.1) is 11.3 Å². The second-order valence-electron chi connectivity index (χ2n) is 5.06. The van der Waals surface area contributed by atoms with Crippen LogP contribution in [-0.4, -0.2) is 22.3 Å². The second-order valence-corrected chi connectivity index (χ2v) is 6.04. The molecule has 2 aromatic rings. The Labute approximate surface area is 121 Å². The van der Waals surface area contributed by atoms with E-state index in [-0.39, 0.29) is 23.1 Å². The number of amides is 1. The van der Waals surface area contributed by atoms with Crippen LogP contribution in [0.15, 0.2) is 34.4 Å². The van der Waals surface area contributed by atoms with E-state index in [1.165, 1.54) is 4.88 Å². The summed E-state index contributed by atoms with van der Waals surface area (Å²) in [6.07, 6.45) is 1.95. The van der Waals surface area contributed by atoms with Crippen LogP contribution in [0.1, 0.15) is 39.8 Å². The Hall–Kier alpha value is -1.88. The predicted octanol–water partition coefficient (Wildman–Crippen LogP) is 2.72. The number of aryl methyl sites for hydroxylation is 1. The molecule has 104 valence electrons. The minimum absolute atomic E-state index is 0.114. The van der Waals surface area contributed by atoms with E-state index in [0.29, 0.717) is 6.54 Å². The van der Waals surface area contributed by atoms with Gasteiger partial charge in [-0.2, -0.15) is 0 Å². The summed E-state index contributed by atoms with van der Waals surface area (Å²) in [5, 5.41) is 2.02. The number of aromatic nitrogens is 1. The Kier molecular flexibility index (Phi) is 3.44. The van der Waals surface area contributed by atoms with Gasteiger partial charge in [0.05, 0.1) is 6.04 Å². The summed E-state index contributed by atoms with van der Waals surface area (Å²) in [7, 11) is 0. The molecule has 1 fully saturated rings. The molecule has 1 amide bonds. The average Bonchev–Trinajstić information content (AvgIpc) is 3.09. The third-order valence-electron chi connectivity index (χ3n) is 3.67. The zero-order chi connectivity index (χ0) is 14.1. The third-order valence-corrected chi connectivity index (χ3v) is 4.64. The van der Waals surface area contributed by atoms with Gasteiger partial charge in [-0.25, -0.2) is 0 Å². The number of aromatic amines is 1. The topological polar surface area (TPSA) is 53.2 Å². The van der Waals surface area contributed by atoms with Gasteiger partial charge in [0.1, 0.15) is 5.56 Å². The molecule has 1 saturated heterocycles. The first-order valence-corrected chi connectivity index (χ1v) is 7.59. The van der Waals surface area contributed by atoms with Crippen LogP contribution >= 0.6 is 11.3 Å². The average molecular weight is 288 g/mol. The highest BCUT2D eigenvalue weighted by molar-refractivity contribution is 7.10. The number of carbonyl (C=O) groups excluding carboxylic acids is 1. The van der Waals surface area contributed by atoms with Gasteiger partial charge >= 0.3 is 0 Å². The van der Waals surface area contributed by atoms with Crippen LogP contribution in [0.25, 0.3) is 0 Å². The monoisotopic (exact) mass is 288 g/mol. The van der Waals surface area contributed by atoms with E-state index in [1.54, 1.807) is 30.4 Å². The number of carbonyl (C=O) groups is 1. The molecule has 20 heavy (non-hydrogen) atoms. The summed E-state index contributed by atoms with van der Waals surface area (Å²) in [5.41, 5.74) is 0.702. The summed E-state index contributed by atoms with van der Waals surface area (Å²) in [5.74, 6) is -0.165. The van der Waals surface area contributed by atoms with Gasteiger partial charge in [0, 0.05) is 17.1 Å². The Balaban J connectivity index is 1.91. The van der Waals surface area contributed by atoms with Gasteiger partial charge in [0.2, 0.25) is 0 Å². The highest BCUT2D eigenvalue weighted by Crippen LogP contribution is 2.35. The molecule has 0 aliphatic carbocycles. The van der Waals surface area contributed by atoms with Gasteiger partial charge in [-0.1, -0.05) is 6.07 Å². The van der Waals surface area contributed by atoms with Gasteiger partial charge < -0.3 is 9.88 Å². The van der Waals surface area contributed by atoms with Crippen LogP contribution in [0.5, 0.6) is 0 Å². The second kappa shape index (κ2) is 5.25. The summed E-state index contributed by atoms with van der Waals surface area (Å²) in [4.78, 5) is 30.2. The minimum Gasteiger partial charge on any atom is -0.331 e. The van der Waals surface area contributed by atoms with E-state index < -0.39 is 0 Å². The lowest BCUT2D eigenvalue weighted by molar-refractivity contribution is 0.0736. The number of hydrogen-bond acceptors (Lipinski definition) is 3. The van der Waals surface area contributed by atoms with Crippen molar-refractivity contribution >= 4 is 17.2 Å². The molecule has 5 heteroatoms. The van der Waals surface area contributed by atoms with Gasteiger partial charge in [0.15, 0.2) is 0 Å². The first kappa shape index (κ1) is 13.1. The van der Waals surface area contributed by atoms with E-state index in [9.17, 15) is 9.59 Å². The van der Waals surface area contributed by atoms with Crippen LogP contribution in [0.2, 0.25) is 0 Å². The molecule has 0 bridgehead atoms. The SMILES string of the molecule is Cc1ccc(C(=O)N2CCCC2c2cccs2)c(=O)[nH]1. The molecular formula is C15H16N2O2S. The number of likely N-dealkylation sites (tertiary alicyclic amines) is 1. The molecule has 1 N–H and O–H groups in total. The highest BCUT2D eigenvalue weighted by Gasteiger charge is 2.32. The van der Waals surface area contributed by atoms with Crippen molar-refractivity contribution in [1.82, 2.24) is 9.88 Å². The number of pyridine rings is 1. The maximum absolute atomic E-state index is 12.6. The van der Waals surface area contributed by atoms with Crippen molar-refractivity contribution in [1.29, 1.82) is 0 Å². The molecule has 1 unspecified atom stereocenters. The van der Waals surface area contributed by atoms with Crippen molar-refractivity contribution < 1.29 is 4.79 Å². The maximum atomic E-state index is 12.6. The van der Waals surface area contributed by atoms with Crippen molar-refractivity contribution in [2.24, 2.45) is 0 Å². The Bertz CT molecular complexity index is 675. The van der Waals surface area contributed by atoms with Crippen LogP contribution < -0.4 is 5.56 Å². The van der Waals surface area contributed by atoms with E-state index in [2.05, 4.69) is 11.1 Å². The largest absolute Gasteiger partial charge is 0.331 e. The molecule has 1 atom stereocenters. The Morgan fingerprint density at radius 1 is 1.40 bits per heavy atom. The summed E-state index contributed by atoms with van der Waals surface area (Å²) in [6, 6.07) is 7.56. The zero-order valence-electron chi connectivity index (χ0n) is 11.3. The first-order chi connectivity index (χ1) is 9.66. The quantitative estimate of drug-likeness (QED) is 0.923. The molecular weight excluding hydrogens is 272 g/mol. The Morgan fingerprint density at radius 2 is 2.25 bits per heavy atom. The Morgan fingerprint density at radius 3 is 2.95 bits per heavy atom. The fraction of sp³-hybridized carbons (Fsp3) is 0.333. The molecule has 0 saturated carbocycles. The van der Waals surface area contributed by atoms with Crippen molar-refractivity contribution in [2.75, 3.05) is 6.54 Å². The molecule has 0 radical (unpaired) electrons. The van der Waals surface area contributed by atoms with Gasteiger partial charge in [-0.3, -0.25) is 9.59 Å². The van der Waals surface area contributed by atoms with Crippen molar-refractivity contribution in [3.8, 4) is 0 Å². The van der Waals surface area contributed by atoms with E-state index in [1.807, 2.05) is 16.3 Å². The molecule has 1 aliphatic heterocycles. The molecule has 3 rings (SSSR count). The fourth-order valence-corrected chi connectivity index (χ4v) is 3.56. The lowest BCUT2D eigenvalue weighted by Gasteiger charge is -2.23. The standard InChI is InChI=1S/C15H16N2O2S/c1-10-6-7-11(14(18)16-10)15(19)17-8-2-4-12(17)13-5-3-9-20-13/h3,5-7,9,12H,2,4,8H2,1H3,(H,16,18). The smallest absolute Gasteiger partial charge is 0.260 e. The normalized spacial score (nSPS) is 18.4. The summed E-state index contributed by atoms with van der Waals surface area (Å²) < 4.78 is 0. The first-order valence-electron chi connectivity index (χ1n) is 6.71. The fourth-order valence-electron chi connectivity index (χ4n) is 2.68. The molecule has 0 aromatic carbocycles. The van der Waals surface area contributed by atoms with Gasteiger partial charge in [0.25, 0.3) is 11.5 Å². The van der Waals surface area contributed by atoms with Crippen LogP contribution in [0, 0.1) is 6.92 Å². The molecule has 2 aromatic heterocycles. The lowest BCUT2D eigenvalue weighted by Crippen LogP contribution is -2.34. The number of thiophene rings is 1. The van der Waals surface area contributed by atoms with E-state index in [4.69, 9.17) is 0 Å². The summed E-state index contributed by atoms with van der Waals surface area (Å²) >= 11 is 1.66. The number of H-pyrrole nitrogens is 1.